The topological polar surface area (TPSA) is 80.0 Å². The van der Waals surface area contributed by atoms with Crippen LogP contribution in [0.1, 0.15) is 42.4 Å². The van der Waals surface area contributed by atoms with Crippen molar-refractivity contribution >= 4 is 17.6 Å². The van der Waals surface area contributed by atoms with E-state index >= 15 is 0 Å². The van der Waals surface area contributed by atoms with Gasteiger partial charge in [-0.05, 0) is 31.2 Å². The van der Waals surface area contributed by atoms with E-state index in [0.29, 0.717) is 17.1 Å². The first-order valence-electron chi connectivity index (χ1n) is 8.50. The van der Waals surface area contributed by atoms with E-state index in [1.807, 2.05) is 26.8 Å². The van der Waals surface area contributed by atoms with E-state index in [-0.39, 0.29) is 22.6 Å². The second-order valence-electron chi connectivity index (χ2n) is 7.29. The number of rotatable bonds is 4. The van der Waals surface area contributed by atoms with Crippen molar-refractivity contribution in [2.45, 2.75) is 33.1 Å². The van der Waals surface area contributed by atoms with Crippen molar-refractivity contribution in [2.24, 2.45) is 0 Å². The van der Waals surface area contributed by atoms with Crippen molar-refractivity contribution in [1.29, 1.82) is 0 Å². The number of anilines is 2. The third-order valence-electron chi connectivity index (χ3n) is 4.23. The first-order chi connectivity index (χ1) is 12.7. The molecule has 0 atom stereocenters. The Morgan fingerprint density at radius 1 is 1.22 bits per heavy atom. The number of nitrogens with one attached hydrogen (secondary N) is 1. The maximum atomic E-state index is 14.1. The Morgan fingerprint density at radius 2 is 1.96 bits per heavy atom. The molecule has 0 fully saturated rings. The van der Waals surface area contributed by atoms with Gasteiger partial charge >= 0.3 is 5.97 Å². The van der Waals surface area contributed by atoms with Gasteiger partial charge in [0.25, 0.3) is 0 Å². The smallest absolute Gasteiger partial charge is 0.339 e. The summed E-state index contributed by atoms with van der Waals surface area (Å²) in [6.07, 6.45) is 1.51. The summed E-state index contributed by atoms with van der Waals surface area (Å²) < 4.78 is 15.7. The summed E-state index contributed by atoms with van der Waals surface area (Å²) in [6, 6.07) is 9.62. The third-order valence-corrected chi connectivity index (χ3v) is 4.23. The van der Waals surface area contributed by atoms with Crippen molar-refractivity contribution in [2.75, 3.05) is 5.32 Å². The standard InChI is InChI=1S/C20H21FN4O2/c1-12-14(21)8-5-9-15(12)25-17(11-16(24-25)20(2,3)4)23-18-13(19(26)27)7-6-10-22-18/h5-11H,1-4H3,(H,22,23)(H,26,27). The summed E-state index contributed by atoms with van der Waals surface area (Å²) in [6.45, 7) is 7.73. The van der Waals surface area contributed by atoms with Crippen LogP contribution in [0.2, 0.25) is 0 Å². The van der Waals surface area contributed by atoms with Crippen LogP contribution in [0.25, 0.3) is 5.69 Å². The van der Waals surface area contributed by atoms with E-state index < -0.39 is 5.97 Å². The van der Waals surface area contributed by atoms with Gasteiger partial charge in [0.15, 0.2) is 0 Å². The largest absolute Gasteiger partial charge is 0.478 e. The van der Waals surface area contributed by atoms with Crippen molar-refractivity contribution < 1.29 is 14.3 Å². The molecule has 1 aromatic carbocycles. The Balaban J connectivity index is 2.17. The van der Waals surface area contributed by atoms with Crippen LogP contribution in [0, 0.1) is 12.7 Å². The molecule has 0 unspecified atom stereocenters. The van der Waals surface area contributed by atoms with E-state index in [1.165, 1.54) is 18.3 Å². The number of halogens is 1. The molecule has 3 aromatic rings. The summed E-state index contributed by atoms with van der Waals surface area (Å²) in [4.78, 5) is 15.6. The predicted molar refractivity (Wildman–Crippen MR) is 101 cm³/mol. The van der Waals surface area contributed by atoms with Crippen molar-refractivity contribution in [1.82, 2.24) is 14.8 Å². The summed E-state index contributed by atoms with van der Waals surface area (Å²) in [5.74, 6) is -0.722. The van der Waals surface area contributed by atoms with Gasteiger partial charge in [0, 0.05) is 23.2 Å². The molecule has 2 heterocycles. The van der Waals surface area contributed by atoms with E-state index in [2.05, 4.69) is 15.4 Å². The Labute approximate surface area is 156 Å². The number of aromatic nitrogens is 3. The lowest BCUT2D eigenvalue weighted by Crippen LogP contribution is -2.13. The van der Waals surface area contributed by atoms with E-state index in [0.717, 1.165) is 5.69 Å². The molecule has 3 rings (SSSR count). The molecule has 0 aliphatic rings. The molecule has 2 N–H and O–H groups in total. The molecule has 0 bridgehead atoms. The van der Waals surface area contributed by atoms with E-state index in [9.17, 15) is 14.3 Å². The average Bonchev–Trinajstić information content (AvgIpc) is 3.01. The fourth-order valence-electron chi connectivity index (χ4n) is 2.64. The number of carboxylic acids is 1. The number of aromatic carboxylic acids is 1. The van der Waals surface area contributed by atoms with Gasteiger partial charge in [0.1, 0.15) is 23.0 Å². The Hall–Kier alpha value is -3.22. The lowest BCUT2D eigenvalue weighted by Gasteiger charge is -2.14. The van der Waals surface area contributed by atoms with Gasteiger partial charge < -0.3 is 10.4 Å². The molecule has 2 aromatic heterocycles. The highest BCUT2D eigenvalue weighted by atomic mass is 19.1. The Kier molecular flexibility index (Phi) is 4.70. The molecule has 0 radical (unpaired) electrons. The molecule has 0 aliphatic heterocycles. The predicted octanol–water partition coefficient (Wildman–Crippen LogP) is 4.45. The molecule has 0 spiro atoms. The second-order valence-corrected chi connectivity index (χ2v) is 7.29. The first kappa shape index (κ1) is 18.6. The number of pyridine rings is 1. The Morgan fingerprint density at radius 3 is 2.63 bits per heavy atom. The van der Waals surface area contributed by atoms with Crippen LogP contribution < -0.4 is 5.32 Å². The van der Waals surface area contributed by atoms with Gasteiger partial charge in [-0.25, -0.2) is 18.9 Å². The van der Waals surface area contributed by atoms with Crippen LogP contribution in [-0.2, 0) is 5.41 Å². The molecule has 0 saturated heterocycles. The second kappa shape index (κ2) is 6.83. The minimum absolute atomic E-state index is 0.0403. The van der Waals surface area contributed by atoms with Crippen LogP contribution in [0.3, 0.4) is 0 Å². The monoisotopic (exact) mass is 368 g/mol. The molecule has 0 amide bonds. The molecule has 27 heavy (non-hydrogen) atoms. The van der Waals surface area contributed by atoms with Gasteiger partial charge in [-0.15, -0.1) is 0 Å². The fourth-order valence-corrected chi connectivity index (χ4v) is 2.64. The summed E-state index contributed by atoms with van der Waals surface area (Å²) in [5.41, 5.74) is 1.59. The van der Waals surface area contributed by atoms with E-state index in [1.54, 1.807) is 29.8 Å². The maximum Gasteiger partial charge on any atom is 0.339 e. The fraction of sp³-hybridized carbons (Fsp3) is 0.250. The number of nitrogens with zero attached hydrogens (tertiary/aromatic N) is 3. The summed E-state index contributed by atoms with van der Waals surface area (Å²) >= 11 is 0. The van der Waals surface area contributed by atoms with Gasteiger partial charge in [0.2, 0.25) is 0 Å². The maximum absolute atomic E-state index is 14.1. The molecule has 6 nitrogen and oxygen atoms in total. The van der Waals surface area contributed by atoms with Gasteiger partial charge in [0.05, 0.1) is 11.4 Å². The number of benzene rings is 1. The number of hydrogen-bond donors (Lipinski definition) is 2. The zero-order valence-corrected chi connectivity index (χ0v) is 15.6. The highest BCUT2D eigenvalue weighted by molar-refractivity contribution is 5.93. The van der Waals surface area contributed by atoms with Crippen LogP contribution in [0.5, 0.6) is 0 Å². The molecular formula is C20H21FN4O2. The normalized spacial score (nSPS) is 11.4. The zero-order chi connectivity index (χ0) is 19.8. The van der Waals surface area contributed by atoms with Crippen LogP contribution in [-0.4, -0.2) is 25.8 Å². The van der Waals surface area contributed by atoms with Gasteiger partial charge in [-0.1, -0.05) is 26.8 Å². The summed E-state index contributed by atoms with van der Waals surface area (Å²) in [5, 5.41) is 17.1. The highest BCUT2D eigenvalue weighted by Crippen LogP contribution is 2.30. The molecule has 7 heteroatoms. The molecular weight excluding hydrogens is 347 g/mol. The number of carbonyl (C=O) groups is 1. The van der Waals surface area contributed by atoms with Crippen LogP contribution in [0.4, 0.5) is 16.0 Å². The lowest BCUT2D eigenvalue weighted by atomic mass is 9.92. The number of carboxylic acid groups (broad SMARTS) is 1. The van der Waals surface area contributed by atoms with Crippen molar-refractivity contribution in [3.8, 4) is 5.69 Å². The Bertz CT molecular complexity index is 1010. The van der Waals surface area contributed by atoms with Crippen molar-refractivity contribution in [3.05, 3.63) is 65.2 Å². The summed E-state index contributed by atoms with van der Waals surface area (Å²) in [7, 11) is 0. The SMILES string of the molecule is Cc1c(F)cccc1-n1nc(C(C)(C)C)cc1Nc1ncccc1C(=O)O. The van der Waals surface area contributed by atoms with Gasteiger partial charge in [-0.2, -0.15) is 5.10 Å². The molecule has 0 aliphatic carbocycles. The quantitative estimate of drug-likeness (QED) is 0.711. The lowest BCUT2D eigenvalue weighted by molar-refractivity contribution is 0.0697. The van der Waals surface area contributed by atoms with Crippen LogP contribution >= 0.6 is 0 Å². The van der Waals surface area contributed by atoms with Crippen LogP contribution in [0.15, 0.2) is 42.6 Å². The van der Waals surface area contributed by atoms with E-state index in [4.69, 9.17) is 0 Å². The highest BCUT2D eigenvalue weighted by Gasteiger charge is 2.23. The minimum Gasteiger partial charge on any atom is -0.478 e. The first-order valence-corrected chi connectivity index (χ1v) is 8.50. The van der Waals surface area contributed by atoms with Crippen molar-refractivity contribution in [3.63, 3.8) is 0 Å². The minimum atomic E-state index is -1.09. The third kappa shape index (κ3) is 3.67. The molecule has 140 valence electrons. The molecule has 0 saturated carbocycles. The number of hydrogen-bond acceptors (Lipinski definition) is 4. The van der Waals surface area contributed by atoms with Gasteiger partial charge in [-0.3, -0.25) is 0 Å². The zero-order valence-electron chi connectivity index (χ0n) is 15.6. The average molecular weight is 368 g/mol.